The van der Waals surface area contributed by atoms with Gasteiger partial charge in [0.25, 0.3) is 0 Å². The standard InChI is InChI=1S/C24H21NO5/c1-13-8-18-22-15(4-5-19(24(22)27)28-7-6-26)16-3-2-14-9-20-21(30-12-29-20)10-17(14)23(16)25(18)11-13/h2-5,9-10,13,26H,6-8,11-12H2,1H3/p+1. The Labute approximate surface area is 172 Å². The normalized spacial score (nSPS) is 17.2. The van der Waals surface area contributed by atoms with Crippen molar-refractivity contribution in [1.82, 2.24) is 0 Å². The van der Waals surface area contributed by atoms with E-state index in [0.717, 1.165) is 62.6 Å². The Bertz CT molecular complexity index is 1350. The zero-order valence-corrected chi connectivity index (χ0v) is 16.6. The molecule has 152 valence electrons. The van der Waals surface area contributed by atoms with Crippen molar-refractivity contribution in [3.05, 3.63) is 42.1 Å². The molecule has 0 saturated heterocycles. The van der Waals surface area contributed by atoms with Crippen LogP contribution in [-0.2, 0) is 13.0 Å². The molecule has 0 amide bonds. The summed E-state index contributed by atoms with van der Waals surface area (Å²) in [6.45, 7) is 3.42. The topological polar surface area (TPSA) is 72.0 Å². The summed E-state index contributed by atoms with van der Waals surface area (Å²) in [7, 11) is 0. The number of hydrogen-bond donors (Lipinski definition) is 2. The van der Waals surface area contributed by atoms with Gasteiger partial charge in [-0.3, -0.25) is 0 Å². The Hall–Kier alpha value is -3.25. The highest BCUT2D eigenvalue weighted by atomic mass is 16.7. The molecule has 1 atom stereocenters. The second-order valence-electron chi connectivity index (χ2n) is 8.16. The number of nitrogens with zero attached hydrogens (tertiary/aromatic N) is 1. The number of aliphatic hydroxyl groups excluding tert-OH is 1. The maximum absolute atomic E-state index is 11.1. The van der Waals surface area contributed by atoms with Gasteiger partial charge in [0.2, 0.25) is 12.3 Å². The fourth-order valence-electron chi connectivity index (χ4n) is 4.96. The zero-order chi connectivity index (χ0) is 20.4. The van der Waals surface area contributed by atoms with Gasteiger partial charge >= 0.3 is 0 Å². The summed E-state index contributed by atoms with van der Waals surface area (Å²) in [5, 5.41) is 25.3. The Kier molecular flexibility index (Phi) is 3.74. The van der Waals surface area contributed by atoms with E-state index in [1.165, 1.54) is 0 Å². The number of phenols is 1. The maximum Gasteiger partial charge on any atom is 0.231 e. The average Bonchev–Trinajstić information content (AvgIpc) is 3.36. The second-order valence-corrected chi connectivity index (χ2v) is 8.16. The number of ether oxygens (including phenoxy) is 3. The van der Waals surface area contributed by atoms with Gasteiger partial charge in [-0.05, 0) is 35.7 Å². The molecule has 1 aromatic heterocycles. The van der Waals surface area contributed by atoms with Crippen LogP contribution in [0.5, 0.6) is 23.0 Å². The summed E-state index contributed by atoms with van der Waals surface area (Å²) in [6.07, 6.45) is 0.879. The molecule has 0 fully saturated rings. The molecule has 2 N–H and O–H groups in total. The van der Waals surface area contributed by atoms with Crippen LogP contribution in [0.2, 0.25) is 0 Å². The molecule has 2 aliphatic rings. The Morgan fingerprint density at radius 3 is 2.70 bits per heavy atom. The molecule has 0 spiro atoms. The molecule has 1 unspecified atom stereocenters. The zero-order valence-electron chi connectivity index (χ0n) is 16.6. The van der Waals surface area contributed by atoms with Crippen molar-refractivity contribution in [3.63, 3.8) is 0 Å². The SMILES string of the molecule is CC1Cc2c3c(O)c(OCCO)ccc3c3ccc4cc5c(cc4c3[n+]2C1)OCO5. The van der Waals surface area contributed by atoms with Crippen LogP contribution in [0.15, 0.2) is 36.4 Å². The molecule has 0 aliphatic carbocycles. The monoisotopic (exact) mass is 404 g/mol. The first kappa shape index (κ1) is 17.6. The quantitative estimate of drug-likeness (QED) is 0.404. The van der Waals surface area contributed by atoms with Gasteiger partial charge in [-0.1, -0.05) is 13.0 Å². The van der Waals surface area contributed by atoms with Crippen LogP contribution in [0.3, 0.4) is 0 Å². The van der Waals surface area contributed by atoms with Crippen LogP contribution in [0.25, 0.3) is 32.4 Å². The lowest BCUT2D eigenvalue weighted by Gasteiger charge is -2.13. The van der Waals surface area contributed by atoms with Crippen molar-refractivity contribution < 1.29 is 29.0 Å². The van der Waals surface area contributed by atoms with Gasteiger partial charge in [0.15, 0.2) is 35.2 Å². The van der Waals surface area contributed by atoms with Crippen molar-refractivity contribution in [2.24, 2.45) is 5.92 Å². The predicted octanol–water partition coefficient (Wildman–Crippen LogP) is 3.43. The number of aliphatic hydroxyl groups is 1. The molecule has 2 aliphatic heterocycles. The van der Waals surface area contributed by atoms with Gasteiger partial charge in [-0.25, -0.2) is 0 Å². The number of benzene rings is 3. The highest BCUT2D eigenvalue weighted by Gasteiger charge is 2.34. The molecule has 0 saturated carbocycles. The van der Waals surface area contributed by atoms with E-state index < -0.39 is 0 Å². The summed E-state index contributed by atoms with van der Waals surface area (Å²) >= 11 is 0. The lowest BCUT2D eigenvalue weighted by atomic mass is 9.97. The van der Waals surface area contributed by atoms with Gasteiger partial charge < -0.3 is 24.4 Å². The van der Waals surface area contributed by atoms with Gasteiger partial charge in [-0.2, -0.15) is 4.57 Å². The highest BCUT2D eigenvalue weighted by Crippen LogP contribution is 2.43. The first-order valence-corrected chi connectivity index (χ1v) is 10.3. The first-order chi connectivity index (χ1) is 14.7. The number of aromatic hydroxyl groups is 1. The third-order valence-corrected chi connectivity index (χ3v) is 6.18. The summed E-state index contributed by atoms with van der Waals surface area (Å²) in [5.74, 6) is 2.56. The minimum Gasteiger partial charge on any atom is -0.504 e. The summed E-state index contributed by atoms with van der Waals surface area (Å²) < 4.78 is 19.1. The Morgan fingerprint density at radius 2 is 1.87 bits per heavy atom. The molecular weight excluding hydrogens is 382 g/mol. The van der Waals surface area contributed by atoms with Crippen molar-refractivity contribution in [3.8, 4) is 23.0 Å². The van der Waals surface area contributed by atoms with Crippen molar-refractivity contribution in [1.29, 1.82) is 0 Å². The van der Waals surface area contributed by atoms with E-state index in [1.807, 2.05) is 12.1 Å². The molecule has 6 heteroatoms. The lowest BCUT2D eigenvalue weighted by Crippen LogP contribution is -2.35. The fourth-order valence-corrected chi connectivity index (χ4v) is 4.96. The molecule has 30 heavy (non-hydrogen) atoms. The predicted molar refractivity (Wildman–Crippen MR) is 112 cm³/mol. The number of aromatic nitrogens is 1. The first-order valence-electron chi connectivity index (χ1n) is 10.3. The minimum absolute atomic E-state index is 0.0960. The van der Waals surface area contributed by atoms with Crippen molar-refractivity contribution >= 4 is 32.4 Å². The summed E-state index contributed by atoms with van der Waals surface area (Å²) in [6, 6.07) is 12.1. The summed E-state index contributed by atoms with van der Waals surface area (Å²) in [5.41, 5.74) is 2.27. The van der Waals surface area contributed by atoms with E-state index in [9.17, 15) is 5.11 Å². The average molecular weight is 404 g/mol. The maximum atomic E-state index is 11.1. The Balaban J connectivity index is 1.74. The van der Waals surface area contributed by atoms with Crippen LogP contribution < -0.4 is 18.8 Å². The highest BCUT2D eigenvalue weighted by molar-refractivity contribution is 6.16. The van der Waals surface area contributed by atoms with E-state index in [0.29, 0.717) is 11.7 Å². The lowest BCUT2D eigenvalue weighted by molar-refractivity contribution is -0.666. The molecule has 3 aromatic carbocycles. The molecular formula is C24H22NO5+. The van der Waals surface area contributed by atoms with Gasteiger partial charge in [0, 0.05) is 17.7 Å². The van der Waals surface area contributed by atoms with E-state index in [2.05, 4.69) is 29.7 Å². The van der Waals surface area contributed by atoms with E-state index >= 15 is 0 Å². The third kappa shape index (κ3) is 2.37. The molecule has 4 aromatic rings. The molecule has 0 radical (unpaired) electrons. The number of pyridine rings is 1. The number of phenolic OH excluding ortho intramolecular Hbond substituents is 1. The van der Waals surface area contributed by atoms with Gasteiger partial charge in [0.05, 0.1) is 22.8 Å². The van der Waals surface area contributed by atoms with E-state index in [1.54, 1.807) is 6.07 Å². The largest absolute Gasteiger partial charge is 0.504 e. The van der Waals surface area contributed by atoms with Crippen LogP contribution in [0.1, 0.15) is 12.6 Å². The minimum atomic E-state index is -0.0960. The van der Waals surface area contributed by atoms with E-state index in [4.69, 9.17) is 19.3 Å². The smallest absolute Gasteiger partial charge is 0.231 e. The van der Waals surface area contributed by atoms with E-state index in [-0.39, 0.29) is 25.8 Å². The van der Waals surface area contributed by atoms with Crippen molar-refractivity contribution in [2.75, 3.05) is 20.0 Å². The van der Waals surface area contributed by atoms with Gasteiger partial charge in [0.1, 0.15) is 6.61 Å². The van der Waals surface area contributed by atoms with Crippen molar-refractivity contribution in [2.45, 2.75) is 19.9 Å². The molecule has 0 bridgehead atoms. The number of rotatable bonds is 3. The molecule has 6 nitrogen and oxygen atoms in total. The third-order valence-electron chi connectivity index (χ3n) is 6.18. The number of fused-ring (bicyclic) bond motifs is 9. The Morgan fingerprint density at radius 1 is 1.07 bits per heavy atom. The molecule has 3 heterocycles. The van der Waals surface area contributed by atoms with Crippen LogP contribution in [0, 0.1) is 5.92 Å². The fraction of sp³-hybridized carbons (Fsp3) is 0.292. The van der Waals surface area contributed by atoms with Crippen LogP contribution in [0.4, 0.5) is 0 Å². The molecule has 6 rings (SSSR count). The number of hydrogen-bond acceptors (Lipinski definition) is 5. The van der Waals surface area contributed by atoms with Gasteiger partial charge in [-0.15, -0.1) is 0 Å². The second kappa shape index (κ2) is 6.37. The van der Waals surface area contributed by atoms with Crippen LogP contribution >= 0.6 is 0 Å². The van der Waals surface area contributed by atoms with Crippen LogP contribution in [-0.4, -0.2) is 30.2 Å². The summed E-state index contributed by atoms with van der Waals surface area (Å²) in [4.78, 5) is 0.